The zero-order chi connectivity index (χ0) is 22.2. The van der Waals surface area contributed by atoms with Gasteiger partial charge in [0.05, 0.1) is 24.9 Å². The molecule has 0 bridgehead atoms. The molecule has 0 spiro atoms. The van der Waals surface area contributed by atoms with Crippen LogP contribution in [0.15, 0.2) is 48.9 Å². The van der Waals surface area contributed by atoms with Crippen LogP contribution in [0, 0.1) is 5.92 Å². The molecular formula is C23H23BN6O2. The second-order valence-electron chi connectivity index (χ2n) is 8.39. The number of aromatic nitrogens is 5. The third-order valence-electron chi connectivity index (χ3n) is 6.35. The maximum Gasteiger partial charge on any atom is 0.306 e. The van der Waals surface area contributed by atoms with Crippen LogP contribution in [-0.4, -0.2) is 43.3 Å². The van der Waals surface area contributed by atoms with E-state index < -0.39 is 5.97 Å². The van der Waals surface area contributed by atoms with Crippen LogP contribution in [0.2, 0.25) is 0 Å². The van der Waals surface area contributed by atoms with E-state index in [0.29, 0.717) is 36.3 Å². The molecule has 160 valence electrons. The number of nitrogens with two attached hydrogens (primary N) is 1. The monoisotopic (exact) mass is 426 g/mol. The Morgan fingerprint density at radius 3 is 2.59 bits per heavy atom. The molecule has 5 rings (SSSR count). The standard InChI is InChI=1S/C23H23BN6O2/c24-19-20(15-6-8-16(9-7-15)23(31)32)28-22-18(11-27-30(22)21(19)25)17-10-26-29(13-17)12-14-4-2-1-3-5-14/h1-5,10-11,13,15-16H,6-9,12,25H2,(H,31,32). The summed E-state index contributed by atoms with van der Waals surface area (Å²) in [5.74, 6) is -0.589. The maximum atomic E-state index is 11.3. The number of fused-ring (bicyclic) bond motifs is 1. The molecule has 1 fully saturated rings. The van der Waals surface area contributed by atoms with E-state index in [-0.39, 0.29) is 11.8 Å². The summed E-state index contributed by atoms with van der Waals surface area (Å²) in [6.45, 7) is 0.667. The molecule has 3 N–H and O–H groups in total. The number of aliphatic carboxylic acids is 1. The van der Waals surface area contributed by atoms with Gasteiger partial charge in [-0.05, 0) is 36.7 Å². The van der Waals surface area contributed by atoms with Gasteiger partial charge in [0.1, 0.15) is 13.7 Å². The largest absolute Gasteiger partial charge is 0.481 e. The Hall–Kier alpha value is -3.62. The van der Waals surface area contributed by atoms with Gasteiger partial charge in [-0.2, -0.15) is 14.7 Å². The topological polar surface area (TPSA) is 111 Å². The molecule has 1 aliphatic rings. The second-order valence-corrected chi connectivity index (χ2v) is 8.39. The van der Waals surface area contributed by atoms with Gasteiger partial charge in [-0.3, -0.25) is 9.48 Å². The number of nitrogen functional groups attached to an aromatic ring is 1. The van der Waals surface area contributed by atoms with Crippen molar-refractivity contribution in [3.05, 3.63) is 60.2 Å². The van der Waals surface area contributed by atoms with Gasteiger partial charge in [0.2, 0.25) is 0 Å². The third kappa shape index (κ3) is 3.64. The number of hydrogen-bond acceptors (Lipinski definition) is 5. The number of carbonyl (C=O) groups is 1. The molecule has 0 unspecified atom stereocenters. The number of nitrogens with zero attached hydrogens (tertiary/aromatic N) is 5. The predicted molar refractivity (Wildman–Crippen MR) is 122 cm³/mol. The van der Waals surface area contributed by atoms with Crippen LogP contribution in [-0.2, 0) is 11.3 Å². The summed E-state index contributed by atoms with van der Waals surface area (Å²) in [5, 5.41) is 18.2. The van der Waals surface area contributed by atoms with Gasteiger partial charge < -0.3 is 10.8 Å². The lowest BCUT2D eigenvalue weighted by Crippen LogP contribution is -2.28. The van der Waals surface area contributed by atoms with Crippen molar-refractivity contribution in [3.8, 4) is 11.1 Å². The van der Waals surface area contributed by atoms with Crippen LogP contribution in [0.1, 0.15) is 42.9 Å². The fraction of sp³-hybridized carbons (Fsp3) is 0.304. The lowest BCUT2D eigenvalue weighted by atomic mass is 9.77. The van der Waals surface area contributed by atoms with Gasteiger partial charge in [0, 0.05) is 28.9 Å². The lowest BCUT2D eigenvalue weighted by Gasteiger charge is -2.27. The van der Waals surface area contributed by atoms with E-state index in [1.807, 2.05) is 29.1 Å². The highest BCUT2D eigenvalue weighted by atomic mass is 16.4. The minimum Gasteiger partial charge on any atom is -0.481 e. The zero-order valence-electron chi connectivity index (χ0n) is 17.6. The van der Waals surface area contributed by atoms with Crippen LogP contribution in [0.4, 0.5) is 5.82 Å². The van der Waals surface area contributed by atoms with E-state index >= 15 is 0 Å². The first kappa shape index (κ1) is 20.3. The Morgan fingerprint density at radius 1 is 1.12 bits per heavy atom. The van der Waals surface area contributed by atoms with Crippen molar-refractivity contribution in [2.24, 2.45) is 5.92 Å². The summed E-state index contributed by atoms with van der Waals surface area (Å²) in [6.07, 6.45) is 8.18. The van der Waals surface area contributed by atoms with Crippen molar-refractivity contribution >= 4 is 30.7 Å². The lowest BCUT2D eigenvalue weighted by molar-refractivity contribution is -0.142. The minimum absolute atomic E-state index is 0.0847. The highest BCUT2D eigenvalue weighted by Crippen LogP contribution is 2.35. The van der Waals surface area contributed by atoms with Gasteiger partial charge in [-0.1, -0.05) is 30.3 Å². The van der Waals surface area contributed by atoms with Crippen molar-refractivity contribution < 1.29 is 9.90 Å². The summed E-state index contributed by atoms with van der Waals surface area (Å²) in [6, 6.07) is 10.1. The van der Waals surface area contributed by atoms with Gasteiger partial charge in [0.15, 0.2) is 5.65 Å². The van der Waals surface area contributed by atoms with Crippen LogP contribution in [0.5, 0.6) is 0 Å². The van der Waals surface area contributed by atoms with Gasteiger partial charge in [0.25, 0.3) is 0 Å². The van der Waals surface area contributed by atoms with Crippen LogP contribution in [0.3, 0.4) is 0 Å². The first-order valence-corrected chi connectivity index (χ1v) is 10.7. The highest BCUT2D eigenvalue weighted by Gasteiger charge is 2.29. The molecular weight excluding hydrogens is 403 g/mol. The summed E-state index contributed by atoms with van der Waals surface area (Å²) >= 11 is 0. The smallest absolute Gasteiger partial charge is 0.306 e. The molecule has 1 aliphatic carbocycles. The van der Waals surface area contributed by atoms with Gasteiger partial charge >= 0.3 is 5.97 Å². The molecule has 0 amide bonds. The Kier molecular flexibility index (Phi) is 5.17. The summed E-state index contributed by atoms with van der Waals surface area (Å²) in [4.78, 5) is 16.2. The molecule has 2 radical (unpaired) electrons. The predicted octanol–water partition coefficient (Wildman–Crippen LogP) is 2.38. The minimum atomic E-state index is -0.732. The Balaban J connectivity index is 1.47. The van der Waals surface area contributed by atoms with E-state index in [1.165, 1.54) is 0 Å². The molecule has 0 atom stereocenters. The van der Waals surface area contributed by atoms with Crippen LogP contribution in [0.25, 0.3) is 16.8 Å². The summed E-state index contributed by atoms with van der Waals surface area (Å²) in [7, 11) is 6.33. The molecule has 0 aliphatic heterocycles. The van der Waals surface area contributed by atoms with E-state index in [0.717, 1.165) is 35.2 Å². The Labute approximate surface area is 186 Å². The number of carboxylic acid groups (broad SMARTS) is 1. The third-order valence-corrected chi connectivity index (χ3v) is 6.35. The van der Waals surface area contributed by atoms with Crippen molar-refractivity contribution in [2.75, 3.05) is 5.73 Å². The molecule has 9 heteroatoms. The number of rotatable bonds is 5. The maximum absolute atomic E-state index is 11.3. The van der Waals surface area contributed by atoms with Crippen molar-refractivity contribution in [3.63, 3.8) is 0 Å². The van der Waals surface area contributed by atoms with E-state index in [2.05, 4.69) is 22.3 Å². The average molecular weight is 426 g/mol. The van der Waals surface area contributed by atoms with Crippen molar-refractivity contribution in [1.29, 1.82) is 0 Å². The van der Waals surface area contributed by atoms with Gasteiger partial charge in [-0.15, -0.1) is 0 Å². The van der Waals surface area contributed by atoms with E-state index in [4.69, 9.17) is 18.6 Å². The molecule has 1 aromatic carbocycles. The molecule has 8 nitrogen and oxygen atoms in total. The van der Waals surface area contributed by atoms with Crippen molar-refractivity contribution in [2.45, 2.75) is 38.1 Å². The Bertz CT molecular complexity index is 1270. The quantitative estimate of drug-likeness (QED) is 0.474. The fourth-order valence-electron chi connectivity index (χ4n) is 4.53. The van der Waals surface area contributed by atoms with E-state index in [9.17, 15) is 9.90 Å². The van der Waals surface area contributed by atoms with Crippen LogP contribution >= 0.6 is 0 Å². The average Bonchev–Trinajstić information content (AvgIpc) is 3.44. The molecule has 3 aromatic heterocycles. The van der Waals surface area contributed by atoms with Crippen molar-refractivity contribution in [1.82, 2.24) is 24.4 Å². The molecule has 3 heterocycles. The fourth-order valence-corrected chi connectivity index (χ4v) is 4.53. The normalized spacial score (nSPS) is 18.8. The zero-order valence-corrected chi connectivity index (χ0v) is 17.6. The second kappa shape index (κ2) is 8.14. The molecule has 0 saturated heterocycles. The summed E-state index contributed by atoms with van der Waals surface area (Å²) < 4.78 is 3.44. The number of hydrogen-bond donors (Lipinski definition) is 2. The first-order chi connectivity index (χ1) is 15.5. The molecule has 32 heavy (non-hydrogen) atoms. The van der Waals surface area contributed by atoms with Gasteiger partial charge in [-0.25, -0.2) is 4.98 Å². The summed E-state index contributed by atoms with van der Waals surface area (Å²) in [5.41, 5.74) is 11.0. The number of anilines is 1. The molecule has 4 aromatic rings. The van der Waals surface area contributed by atoms with Crippen LogP contribution < -0.4 is 11.2 Å². The Morgan fingerprint density at radius 2 is 1.88 bits per heavy atom. The first-order valence-electron chi connectivity index (χ1n) is 10.7. The van der Waals surface area contributed by atoms with E-state index in [1.54, 1.807) is 16.9 Å². The number of carboxylic acids is 1. The SMILES string of the molecule is [B]c1c(C2CCC(C(=O)O)CC2)nc2c(-c3cnn(Cc4ccccc4)c3)cnn2c1N. The number of benzene rings is 1. The molecule has 1 saturated carbocycles. The highest BCUT2D eigenvalue weighted by molar-refractivity contribution is 6.36.